The van der Waals surface area contributed by atoms with E-state index in [9.17, 15) is 14.0 Å². The van der Waals surface area contributed by atoms with Crippen LogP contribution in [0, 0.1) is 5.82 Å². The first-order valence-corrected chi connectivity index (χ1v) is 8.42. The van der Waals surface area contributed by atoms with Crippen molar-refractivity contribution in [2.24, 2.45) is 0 Å². The van der Waals surface area contributed by atoms with Crippen molar-refractivity contribution in [3.05, 3.63) is 34.6 Å². The summed E-state index contributed by atoms with van der Waals surface area (Å²) in [6.07, 6.45) is 1.34. The molecule has 1 fully saturated rings. The molecule has 0 unspecified atom stereocenters. The fourth-order valence-corrected chi connectivity index (χ4v) is 3.72. The van der Waals surface area contributed by atoms with Gasteiger partial charge in [0.25, 0.3) is 5.91 Å². The van der Waals surface area contributed by atoms with Crippen LogP contribution in [0.5, 0.6) is 0 Å². The molecule has 0 bridgehead atoms. The van der Waals surface area contributed by atoms with Crippen molar-refractivity contribution in [3.8, 4) is 0 Å². The molecule has 1 saturated heterocycles. The first-order chi connectivity index (χ1) is 11.0. The smallest absolute Gasteiger partial charge is 0.287 e. The lowest BCUT2D eigenvalue weighted by Crippen LogP contribution is -2.62. The van der Waals surface area contributed by atoms with Gasteiger partial charge in [0.2, 0.25) is 5.78 Å². The van der Waals surface area contributed by atoms with E-state index in [1.54, 1.807) is 6.07 Å². The Bertz CT molecular complexity index is 642. The topological polar surface area (TPSA) is 58.2 Å². The van der Waals surface area contributed by atoms with Gasteiger partial charge in [-0.2, -0.15) is 0 Å². The quantitative estimate of drug-likeness (QED) is 0.817. The maximum absolute atomic E-state index is 13.4. The molecule has 1 aliphatic heterocycles. The van der Waals surface area contributed by atoms with E-state index in [2.05, 4.69) is 38.3 Å². The molecule has 0 spiro atoms. The third kappa shape index (κ3) is 5.02. The van der Waals surface area contributed by atoms with Crippen molar-refractivity contribution in [3.63, 3.8) is 0 Å². The van der Waals surface area contributed by atoms with Gasteiger partial charge in [-0.15, -0.1) is 0 Å². The first-order valence-electron chi connectivity index (χ1n) is 8.04. The number of carbonyl (C=O) groups is 2. The van der Waals surface area contributed by atoms with Crippen LogP contribution in [0.3, 0.4) is 0 Å². The van der Waals surface area contributed by atoms with Gasteiger partial charge in [0.05, 0.1) is 5.02 Å². The summed E-state index contributed by atoms with van der Waals surface area (Å²) in [4.78, 5) is 24.3. The lowest BCUT2D eigenvalue weighted by atomic mass is 9.79. The van der Waals surface area contributed by atoms with Gasteiger partial charge in [-0.05, 0) is 58.2 Å². The van der Waals surface area contributed by atoms with E-state index in [1.807, 2.05) is 0 Å². The predicted octanol–water partition coefficient (Wildman–Crippen LogP) is 3.02. The molecule has 0 aromatic heterocycles. The van der Waals surface area contributed by atoms with E-state index >= 15 is 0 Å². The zero-order valence-electron chi connectivity index (χ0n) is 14.5. The van der Waals surface area contributed by atoms with Gasteiger partial charge in [0.15, 0.2) is 0 Å². The Morgan fingerprint density at radius 3 is 2.38 bits per heavy atom. The van der Waals surface area contributed by atoms with Crippen LogP contribution >= 0.6 is 11.6 Å². The number of halogens is 2. The Morgan fingerprint density at radius 2 is 1.83 bits per heavy atom. The largest absolute Gasteiger partial charge is 0.347 e. The highest BCUT2D eigenvalue weighted by molar-refractivity contribution is 6.36. The fraction of sp³-hybridized carbons (Fsp3) is 0.556. The number of Topliss-reactive ketones (excluding diaryl/α,β-unsaturated/α-hetero) is 1. The summed E-state index contributed by atoms with van der Waals surface area (Å²) in [5.41, 5.74) is 0.187. The molecular formula is C18H24ClFN2O2. The van der Waals surface area contributed by atoms with E-state index in [4.69, 9.17) is 11.6 Å². The van der Waals surface area contributed by atoms with Gasteiger partial charge in [-0.3, -0.25) is 9.59 Å². The number of rotatable bonds is 4. The summed E-state index contributed by atoms with van der Waals surface area (Å²) >= 11 is 5.62. The van der Waals surface area contributed by atoms with Gasteiger partial charge >= 0.3 is 0 Å². The normalized spacial score (nSPS) is 19.8. The summed E-state index contributed by atoms with van der Waals surface area (Å²) in [6.45, 7) is 8.30. The molecule has 6 heteroatoms. The van der Waals surface area contributed by atoms with Crippen molar-refractivity contribution in [1.29, 1.82) is 0 Å². The molecule has 0 radical (unpaired) electrons. The number of benzene rings is 1. The van der Waals surface area contributed by atoms with Crippen LogP contribution in [0.2, 0.25) is 5.02 Å². The number of piperidine rings is 1. The van der Waals surface area contributed by atoms with E-state index in [0.29, 0.717) is 5.56 Å². The van der Waals surface area contributed by atoms with Crippen molar-refractivity contribution in [2.45, 2.75) is 64.1 Å². The van der Waals surface area contributed by atoms with Gasteiger partial charge in [0, 0.05) is 23.5 Å². The lowest BCUT2D eigenvalue weighted by molar-refractivity contribution is -0.138. The summed E-state index contributed by atoms with van der Waals surface area (Å²) in [5, 5.41) is 6.35. The molecule has 1 heterocycles. The minimum atomic E-state index is -0.621. The van der Waals surface area contributed by atoms with Crippen LogP contribution in [0.25, 0.3) is 0 Å². The van der Waals surface area contributed by atoms with E-state index in [1.165, 1.54) is 12.1 Å². The molecule has 2 N–H and O–H groups in total. The second-order valence-electron chi connectivity index (χ2n) is 7.82. The zero-order chi connectivity index (χ0) is 18.1. The number of hydrogen-bond donors (Lipinski definition) is 2. The number of nitrogens with one attached hydrogen (secondary N) is 2. The average Bonchev–Trinajstić information content (AvgIpc) is 2.39. The minimum Gasteiger partial charge on any atom is -0.347 e. The van der Waals surface area contributed by atoms with Gasteiger partial charge in [0.1, 0.15) is 5.82 Å². The third-order valence-corrected chi connectivity index (χ3v) is 4.43. The highest BCUT2D eigenvalue weighted by Crippen LogP contribution is 2.28. The molecule has 0 aliphatic carbocycles. The summed E-state index contributed by atoms with van der Waals surface area (Å²) < 4.78 is 13.4. The first kappa shape index (κ1) is 18.9. The molecule has 2 rings (SSSR count). The molecule has 1 aromatic rings. The maximum Gasteiger partial charge on any atom is 0.287 e. The van der Waals surface area contributed by atoms with Crippen molar-refractivity contribution >= 4 is 23.3 Å². The molecule has 1 aliphatic rings. The Balaban J connectivity index is 1.98. The number of ketones is 1. The Kier molecular flexibility index (Phi) is 5.35. The molecule has 0 saturated carbocycles. The van der Waals surface area contributed by atoms with Crippen LogP contribution in [-0.4, -0.2) is 28.8 Å². The standard InChI is InChI=1S/C18H24ClFN2O2/c1-17(2)9-12(10-18(3,4)22-17)21-16(24)15(23)8-11-5-6-13(19)14(20)7-11/h5-7,12,22H,8-10H2,1-4H3,(H,21,24). The Morgan fingerprint density at radius 1 is 1.25 bits per heavy atom. The van der Waals surface area contributed by atoms with Crippen LogP contribution in [0.15, 0.2) is 18.2 Å². The molecular weight excluding hydrogens is 331 g/mol. The second-order valence-corrected chi connectivity index (χ2v) is 8.23. The number of amides is 1. The average molecular weight is 355 g/mol. The number of hydrogen-bond acceptors (Lipinski definition) is 3. The van der Waals surface area contributed by atoms with Crippen molar-refractivity contribution in [2.75, 3.05) is 0 Å². The van der Waals surface area contributed by atoms with E-state index in [-0.39, 0.29) is 28.6 Å². The van der Waals surface area contributed by atoms with Crippen LogP contribution < -0.4 is 10.6 Å². The Hall–Kier alpha value is -1.46. The van der Waals surface area contributed by atoms with E-state index < -0.39 is 17.5 Å². The van der Waals surface area contributed by atoms with Gasteiger partial charge in [-0.1, -0.05) is 17.7 Å². The van der Waals surface area contributed by atoms with Crippen LogP contribution in [-0.2, 0) is 16.0 Å². The lowest BCUT2D eigenvalue weighted by Gasteiger charge is -2.46. The summed E-state index contributed by atoms with van der Waals surface area (Å²) in [5.74, 6) is -1.79. The Labute approximate surface area is 147 Å². The van der Waals surface area contributed by atoms with Crippen LogP contribution in [0.4, 0.5) is 4.39 Å². The molecule has 0 atom stereocenters. The van der Waals surface area contributed by atoms with Gasteiger partial charge in [-0.25, -0.2) is 4.39 Å². The molecule has 24 heavy (non-hydrogen) atoms. The summed E-state index contributed by atoms with van der Waals surface area (Å²) in [6, 6.07) is 4.04. The molecule has 132 valence electrons. The van der Waals surface area contributed by atoms with Gasteiger partial charge < -0.3 is 10.6 Å². The highest BCUT2D eigenvalue weighted by Gasteiger charge is 2.38. The second kappa shape index (κ2) is 6.81. The minimum absolute atomic E-state index is 0.00480. The number of carbonyl (C=O) groups excluding carboxylic acids is 2. The maximum atomic E-state index is 13.4. The third-order valence-electron chi connectivity index (χ3n) is 4.13. The molecule has 1 aromatic carbocycles. The highest BCUT2D eigenvalue weighted by atomic mass is 35.5. The molecule has 1 amide bonds. The predicted molar refractivity (Wildman–Crippen MR) is 92.6 cm³/mol. The monoisotopic (exact) mass is 354 g/mol. The zero-order valence-corrected chi connectivity index (χ0v) is 15.3. The SMILES string of the molecule is CC1(C)CC(NC(=O)C(=O)Cc2ccc(Cl)c(F)c2)CC(C)(C)N1. The van der Waals surface area contributed by atoms with Crippen molar-refractivity contribution < 1.29 is 14.0 Å². The summed E-state index contributed by atoms with van der Waals surface area (Å²) in [7, 11) is 0. The van der Waals surface area contributed by atoms with Crippen LogP contribution in [0.1, 0.15) is 46.1 Å². The van der Waals surface area contributed by atoms with Crippen molar-refractivity contribution in [1.82, 2.24) is 10.6 Å². The van der Waals surface area contributed by atoms with E-state index in [0.717, 1.165) is 12.8 Å². The fourth-order valence-electron chi connectivity index (χ4n) is 3.61. The molecule has 4 nitrogen and oxygen atoms in total.